The zero-order chi connectivity index (χ0) is 20.6. The summed E-state index contributed by atoms with van der Waals surface area (Å²) in [6, 6.07) is 8.52. The Morgan fingerprint density at radius 2 is 1.86 bits per heavy atom. The minimum absolute atomic E-state index is 0.0147. The average Bonchev–Trinajstić information content (AvgIpc) is 3.02. The fourth-order valence-corrected chi connectivity index (χ4v) is 3.45. The summed E-state index contributed by atoms with van der Waals surface area (Å²) in [4.78, 5) is 28.0. The van der Waals surface area contributed by atoms with Crippen LogP contribution in [-0.2, 0) is 28.8 Å². The van der Waals surface area contributed by atoms with Crippen LogP contribution in [0.3, 0.4) is 0 Å². The Hall–Kier alpha value is -2.21. The number of thiazole rings is 1. The number of benzene rings is 1. The van der Waals surface area contributed by atoms with E-state index in [0.29, 0.717) is 6.42 Å². The van der Waals surface area contributed by atoms with Crippen molar-refractivity contribution >= 4 is 23.2 Å². The van der Waals surface area contributed by atoms with Gasteiger partial charge < -0.3 is 10.1 Å². The van der Waals surface area contributed by atoms with Gasteiger partial charge in [-0.2, -0.15) is 0 Å². The third kappa shape index (κ3) is 8.65. The Balaban J connectivity index is 1.69. The third-order valence-electron chi connectivity index (χ3n) is 4.08. The molecule has 5 nitrogen and oxygen atoms in total. The minimum atomic E-state index is -0.559. The van der Waals surface area contributed by atoms with Crippen LogP contribution in [0.4, 0.5) is 4.79 Å². The summed E-state index contributed by atoms with van der Waals surface area (Å²) in [7, 11) is 0. The van der Waals surface area contributed by atoms with E-state index in [1.807, 2.05) is 6.92 Å². The molecule has 0 aliphatic heterocycles. The van der Waals surface area contributed by atoms with Gasteiger partial charge in [-0.15, -0.1) is 11.3 Å². The summed E-state index contributed by atoms with van der Waals surface area (Å²) >= 11 is 1.69. The molecule has 152 valence electrons. The van der Waals surface area contributed by atoms with Crippen molar-refractivity contribution in [3.63, 3.8) is 0 Å². The third-order valence-corrected chi connectivity index (χ3v) is 4.90. The maximum absolute atomic E-state index is 12.0. The van der Waals surface area contributed by atoms with E-state index in [2.05, 4.69) is 39.9 Å². The molecule has 1 N–H and O–H groups in total. The van der Waals surface area contributed by atoms with E-state index in [1.165, 1.54) is 11.1 Å². The molecule has 1 aromatic carbocycles. The minimum Gasteiger partial charge on any atom is -0.444 e. The van der Waals surface area contributed by atoms with Crippen LogP contribution in [0.5, 0.6) is 0 Å². The van der Waals surface area contributed by atoms with Crippen molar-refractivity contribution in [2.24, 2.45) is 0 Å². The quantitative estimate of drug-likeness (QED) is 0.663. The molecule has 28 heavy (non-hydrogen) atoms. The molecule has 0 aliphatic rings. The fourth-order valence-electron chi connectivity index (χ4n) is 2.80. The first kappa shape index (κ1) is 22.1. The van der Waals surface area contributed by atoms with Gasteiger partial charge in [0.15, 0.2) is 5.78 Å². The van der Waals surface area contributed by atoms with Gasteiger partial charge in [0.2, 0.25) is 0 Å². The summed E-state index contributed by atoms with van der Waals surface area (Å²) in [6.45, 7) is 7.42. The number of ketones is 1. The van der Waals surface area contributed by atoms with Gasteiger partial charge in [0.05, 0.1) is 17.2 Å². The van der Waals surface area contributed by atoms with Crippen LogP contribution in [0.1, 0.15) is 55.4 Å². The van der Waals surface area contributed by atoms with Gasteiger partial charge in [-0.25, -0.2) is 9.78 Å². The number of alkyl carbamates (subject to hydrolysis) is 1. The van der Waals surface area contributed by atoms with Gasteiger partial charge in [-0.1, -0.05) is 24.3 Å². The molecule has 6 heteroatoms. The Morgan fingerprint density at radius 1 is 1.14 bits per heavy atom. The highest BCUT2D eigenvalue weighted by Crippen LogP contribution is 2.14. The molecular formula is C22H30N2O3S. The van der Waals surface area contributed by atoms with Gasteiger partial charge in [0, 0.05) is 11.8 Å². The Labute approximate surface area is 171 Å². The highest BCUT2D eigenvalue weighted by atomic mass is 32.1. The first-order chi connectivity index (χ1) is 13.2. The topological polar surface area (TPSA) is 68.3 Å². The Kier molecular flexibility index (Phi) is 8.18. The molecule has 0 saturated heterocycles. The zero-order valence-electron chi connectivity index (χ0n) is 17.2. The maximum atomic E-state index is 12.0. The Morgan fingerprint density at radius 3 is 2.50 bits per heavy atom. The normalized spacial score (nSPS) is 11.3. The van der Waals surface area contributed by atoms with Crippen LogP contribution in [0, 0.1) is 6.92 Å². The number of rotatable bonds is 9. The first-order valence-corrected chi connectivity index (χ1v) is 10.6. The molecule has 2 aromatic rings. The molecule has 0 fully saturated rings. The molecule has 2 rings (SSSR count). The summed E-state index contributed by atoms with van der Waals surface area (Å²) < 4.78 is 5.13. The predicted octanol–water partition coefficient (Wildman–Crippen LogP) is 4.65. The molecule has 0 spiro atoms. The van der Waals surface area contributed by atoms with Crippen molar-refractivity contribution in [2.45, 2.75) is 65.4 Å². The lowest BCUT2D eigenvalue weighted by molar-refractivity contribution is -0.118. The summed E-state index contributed by atoms with van der Waals surface area (Å²) in [5.41, 5.74) is 3.12. The van der Waals surface area contributed by atoms with Crippen molar-refractivity contribution in [2.75, 3.05) is 6.54 Å². The number of amides is 1. The van der Waals surface area contributed by atoms with Gasteiger partial charge in [-0.05, 0) is 64.5 Å². The lowest BCUT2D eigenvalue weighted by Gasteiger charge is -2.19. The van der Waals surface area contributed by atoms with Crippen molar-refractivity contribution in [1.29, 1.82) is 0 Å². The number of aromatic nitrogens is 1. The molecule has 0 atom stereocenters. The first-order valence-electron chi connectivity index (χ1n) is 9.68. The molecule has 1 aromatic heterocycles. The van der Waals surface area contributed by atoms with E-state index in [9.17, 15) is 9.59 Å². The standard InChI is InChI=1S/C22H30N2O3S/c1-16-24-19(15-28-16)12-11-18-8-5-7-17(13-18)9-6-10-20(25)14-23-21(26)27-22(2,3)4/h5,7-8,13,15H,6,9-12,14H2,1-4H3,(H,23,26). The zero-order valence-corrected chi connectivity index (χ0v) is 18.0. The van der Waals surface area contributed by atoms with E-state index in [1.54, 1.807) is 32.1 Å². The van der Waals surface area contributed by atoms with Crippen molar-refractivity contribution < 1.29 is 14.3 Å². The number of nitrogens with zero attached hydrogens (tertiary/aromatic N) is 1. The van der Waals surface area contributed by atoms with Crippen LogP contribution >= 0.6 is 11.3 Å². The second-order valence-corrected chi connectivity index (χ2v) is 8.99. The average molecular weight is 403 g/mol. The molecule has 0 bridgehead atoms. The number of hydrogen-bond donors (Lipinski definition) is 1. The number of Topliss-reactive ketones (excluding diaryl/α,β-unsaturated/α-hetero) is 1. The lowest BCUT2D eigenvalue weighted by Crippen LogP contribution is -2.35. The van der Waals surface area contributed by atoms with Crippen molar-refractivity contribution in [3.05, 3.63) is 51.5 Å². The molecule has 0 aliphatic carbocycles. The Bertz CT molecular complexity index is 793. The highest BCUT2D eigenvalue weighted by molar-refractivity contribution is 7.09. The summed E-state index contributed by atoms with van der Waals surface area (Å²) in [5.74, 6) is 0.0147. The van der Waals surface area contributed by atoms with E-state index >= 15 is 0 Å². The van der Waals surface area contributed by atoms with Gasteiger partial charge in [0.1, 0.15) is 5.60 Å². The fraction of sp³-hybridized carbons (Fsp3) is 0.500. The second kappa shape index (κ2) is 10.4. The maximum Gasteiger partial charge on any atom is 0.408 e. The van der Waals surface area contributed by atoms with Crippen molar-refractivity contribution in [1.82, 2.24) is 10.3 Å². The SMILES string of the molecule is Cc1nc(CCc2cccc(CCCC(=O)CNC(=O)OC(C)(C)C)c2)cs1. The predicted molar refractivity (Wildman–Crippen MR) is 113 cm³/mol. The molecule has 0 radical (unpaired) electrons. The van der Waals surface area contributed by atoms with E-state index < -0.39 is 11.7 Å². The van der Waals surface area contributed by atoms with Gasteiger partial charge >= 0.3 is 6.09 Å². The molecule has 1 amide bonds. The van der Waals surface area contributed by atoms with Gasteiger partial charge in [-0.3, -0.25) is 4.79 Å². The molecule has 0 saturated carbocycles. The number of aryl methyl sites for hydroxylation is 4. The van der Waals surface area contributed by atoms with Crippen molar-refractivity contribution in [3.8, 4) is 0 Å². The van der Waals surface area contributed by atoms with Crippen LogP contribution in [-0.4, -0.2) is 29.0 Å². The summed E-state index contributed by atoms with van der Waals surface area (Å²) in [5, 5.41) is 5.74. The smallest absolute Gasteiger partial charge is 0.408 e. The monoisotopic (exact) mass is 402 g/mol. The largest absolute Gasteiger partial charge is 0.444 e. The van der Waals surface area contributed by atoms with E-state index in [4.69, 9.17) is 4.74 Å². The number of ether oxygens (including phenoxy) is 1. The number of carbonyl (C=O) groups excluding carboxylic acids is 2. The second-order valence-electron chi connectivity index (χ2n) is 7.93. The van der Waals surface area contributed by atoms with Crippen LogP contribution in [0.15, 0.2) is 29.6 Å². The summed E-state index contributed by atoms with van der Waals surface area (Å²) in [6.07, 6.45) is 3.42. The number of carbonyl (C=O) groups is 2. The van der Waals surface area contributed by atoms with Crippen LogP contribution in [0.2, 0.25) is 0 Å². The molecular weight excluding hydrogens is 372 g/mol. The molecule has 0 unspecified atom stereocenters. The van der Waals surface area contributed by atoms with Crippen LogP contribution in [0.25, 0.3) is 0 Å². The number of hydrogen-bond acceptors (Lipinski definition) is 5. The highest BCUT2D eigenvalue weighted by Gasteiger charge is 2.16. The molecule has 1 heterocycles. The number of nitrogens with one attached hydrogen (secondary N) is 1. The lowest BCUT2D eigenvalue weighted by atomic mass is 10.0. The van der Waals surface area contributed by atoms with E-state index in [0.717, 1.165) is 36.4 Å². The van der Waals surface area contributed by atoms with Gasteiger partial charge in [0.25, 0.3) is 0 Å². The van der Waals surface area contributed by atoms with Crippen LogP contribution < -0.4 is 5.32 Å². The van der Waals surface area contributed by atoms with E-state index in [-0.39, 0.29) is 12.3 Å².